The molecule has 17 heavy (non-hydrogen) atoms. The first-order valence-electron chi connectivity index (χ1n) is 6.57. The van der Waals surface area contributed by atoms with Crippen LogP contribution in [0, 0.1) is 11.8 Å². The van der Waals surface area contributed by atoms with Crippen LogP contribution >= 0.6 is 0 Å². The predicted octanol–water partition coefficient (Wildman–Crippen LogP) is 4.56. The maximum absolute atomic E-state index is 12.1. The zero-order valence-corrected chi connectivity index (χ0v) is 10.6. The predicted molar refractivity (Wildman–Crippen MR) is 61.8 cm³/mol. The van der Waals surface area contributed by atoms with Crippen molar-refractivity contribution in [2.24, 2.45) is 11.8 Å². The van der Waals surface area contributed by atoms with Crippen molar-refractivity contribution in [3.8, 4) is 0 Å². The van der Waals surface area contributed by atoms with E-state index in [1.54, 1.807) is 7.11 Å². The van der Waals surface area contributed by atoms with E-state index < -0.39 is 12.6 Å². The van der Waals surface area contributed by atoms with Crippen LogP contribution < -0.4 is 0 Å². The Bertz CT molecular complexity index is 203. The highest BCUT2D eigenvalue weighted by atomic mass is 19.4. The van der Waals surface area contributed by atoms with Crippen molar-refractivity contribution in [1.82, 2.24) is 0 Å². The van der Waals surface area contributed by atoms with Crippen LogP contribution in [0.1, 0.15) is 51.4 Å². The first-order valence-corrected chi connectivity index (χ1v) is 6.57. The molecule has 0 bridgehead atoms. The molecule has 0 heterocycles. The van der Waals surface area contributed by atoms with Crippen LogP contribution in [0.4, 0.5) is 13.2 Å². The summed E-state index contributed by atoms with van der Waals surface area (Å²) in [4.78, 5) is 0. The average molecular weight is 252 g/mol. The Labute approximate surface area is 102 Å². The van der Waals surface area contributed by atoms with Crippen molar-refractivity contribution >= 4 is 0 Å². The normalized spacial score (nSPS) is 26.1. The summed E-state index contributed by atoms with van der Waals surface area (Å²) >= 11 is 0. The summed E-state index contributed by atoms with van der Waals surface area (Å²) in [6, 6.07) is 0. The number of rotatable bonds is 6. The first-order chi connectivity index (χ1) is 8.01. The third kappa shape index (κ3) is 6.92. The average Bonchev–Trinajstić information content (AvgIpc) is 2.27. The summed E-state index contributed by atoms with van der Waals surface area (Å²) in [5, 5.41) is 0. The van der Waals surface area contributed by atoms with Gasteiger partial charge in [0.25, 0.3) is 0 Å². The van der Waals surface area contributed by atoms with Gasteiger partial charge in [0.15, 0.2) is 0 Å². The Kier molecular flexibility index (Phi) is 6.31. The van der Waals surface area contributed by atoms with Gasteiger partial charge in [-0.3, -0.25) is 0 Å². The van der Waals surface area contributed by atoms with Crippen molar-refractivity contribution in [2.45, 2.75) is 57.5 Å². The summed E-state index contributed by atoms with van der Waals surface area (Å²) < 4.78 is 41.4. The standard InChI is InChI=1S/C13H23F3O/c1-17-9-3-6-11-4-2-5-12(10-11)7-8-13(14,15)16/h11-12H,2-10H2,1H3. The highest BCUT2D eigenvalue weighted by Gasteiger charge is 2.30. The molecule has 0 spiro atoms. The smallest absolute Gasteiger partial charge is 0.385 e. The fourth-order valence-corrected chi connectivity index (χ4v) is 2.81. The number of hydrogen-bond donors (Lipinski definition) is 0. The molecule has 2 atom stereocenters. The largest absolute Gasteiger partial charge is 0.389 e. The van der Waals surface area contributed by atoms with Crippen LogP contribution in [0.15, 0.2) is 0 Å². The SMILES string of the molecule is COCCCC1CCCC(CCC(F)(F)F)C1. The van der Waals surface area contributed by atoms with Crippen LogP contribution in [0.3, 0.4) is 0 Å². The molecule has 0 amide bonds. The molecule has 0 aromatic heterocycles. The van der Waals surface area contributed by atoms with Crippen molar-refractivity contribution in [3.63, 3.8) is 0 Å². The van der Waals surface area contributed by atoms with E-state index in [1.807, 2.05) is 0 Å². The third-order valence-corrected chi connectivity index (χ3v) is 3.69. The molecular weight excluding hydrogens is 229 g/mol. The van der Waals surface area contributed by atoms with Gasteiger partial charge in [0.1, 0.15) is 0 Å². The van der Waals surface area contributed by atoms with Gasteiger partial charge in [-0.05, 0) is 37.5 Å². The number of alkyl halides is 3. The molecule has 0 aromatic carbocycles. The molecule has 1 aliphatic rings. The summed E-state index contributed by atoms with van der Waals surface area (Å²) in [5.41, 5.74) is 0. The molecule has 1 nitrogen and oxygen atoms in total. The molecule has 0 aromatic rings. The van der Waals surface area contributed by atoms with Crippen molar-refractivity contribution in [2.75, 3.05) is 13.7 Å². The second kappa shape index (κ2) is 7.24. The van der Waals surface area contributed by atoms with Gasteiger partial charge in [-0.2, -0.15) is 13.2 Å². The fraction of sp³-hybridized carbons (Fsp3) is 1.00. The second-order valence-corrected chi connectivity index (χ2v) is 5.19. The van der Waals surface area contributed by atoms with E-state index >= 15 is 0 Å². The molecule has 1 rings (SSSR count). The third-order valence-electron chi connectivity index (χ3n) is 3.69. The molecule has 102 valence electrons. The van der Waals surface area contributed by atoms with E-state index in [2.05, 4.69) is 0 Å². The summed E-state index contributed by atoms with van der Waals surface area (Å²) in [5.74, 6) is 0.912. The molecule has 2 unspecified atom stereocenters. The Balaban J connectivity index is 2.19. The van der Waals surface area contributed by atoms with Gasteiger partial charge in [0, 0.05) is 20.1 Å². The Hall–Kier alpha value is -0.250. The van der Waals surface area contributed by atoms with Crippen LogP contribution in [0.5, 0.6) is 0 Å². The van der Waals surface area contributed by atoms with Crippen LogP contribution in [0.2, 0.25) is 0 Å². The van der Waals surface area contributed by atoms with E-state index in [0.29, 0.717) is 12.3 Å². The maximum Gasteiger partial charge on any atom is 0.389 e. The van der Waals surface area contributed by atoms with Crippen molar-refractivity contribution in [1.29, 1.82) is 0 Å². The lowest BCUT2D eigenvalue weighted by atomic mass is 9.77. The number of halogens is 3. The quantitative estimate of drug-likeness (QED) is 0.629. The molecule has 1 fully saturated rings. The van der Waals surface area contributed by atoms with Crippen LogP contribution in [-0.4, -0.2) is 19.9 Å². The van der Waals surface area contributed by atoms with Crippen LogP contribution in [0.25, 0.3) is 0 Å². The highest BCUT2D eigenvalue weighted by Crippen LogP contribution is 2.36. The van der Waals surface area contributed by atoms with Gasteiger partial charge in [0.05, 0.1) is 0 Å². The molecule has 0 aliphatic heterocycles. The minimum atomic E-state index is -3.98. The topological polar surface area (TPSA) is 9.23 Å². The van der Waals surface area contributed by atoms with E-state index in [4.69, 9.17) is 4.74 Å². The summed E-state index contributed by atoms with van der Waals surface area (Å²) in [6.45, 7) is 0.768. The Morgan fingerprint density at radius 2 is 1.76 bits per heavy atom. The Morgan fingerprint density at radius 1 is 1.12 bits per heavy atom. The molecule has 0 N–H and O–H groups in total. The fourth-order valence-electron chi connectivity index (χ4n) is 2.81. The zero-order chi connectivity index (χ0) is 12.7. The van der Waals surface area contributed by atoms with E-state index in [-0.39, 0.29) is 5.92 Å². The van der Waals surface area contributed by atoms with Gasteiger partial charge < -0.3 is 4.74 Å². The summed E-state index contributed by atoms with van der Waals surface area (Å²) in [7, 11) is 1.69. The molecule has 0 saturated heterocycles. The monoisotopic (exact) mass is 252 g/mol. The van der Waals surface area contributed by atoms with Gasteiger partial charge in [-0.25, -0.2) is 0 Å². The zero-order valence-electron chi connectivity index (χ0n) is 10.6. The van der Waals surface area contributed by atoms with E-state index in [9.17, 15) is 13.2 Å². The van der Waals surface area contributed by atoms with E-state index in [1.165, 1.54) is 6.42 Å². The Morgan fingerprint density at radius 3 is 2.35 bits per heavy atom. The highest BCUT2D eigenvalue weighted by molar-refractivity contribution is 4.74. The van der Waals surface area contributed by atoms with Crippen molar-refractivity contribution in [3.05, 3.63) is 0 Å². The lowest BCUT2D eigenvalue weighted by Crippen LogP contribution is -2.18. The molecule has 0 radical (unpaired) electrons. The summed E-state index contributed by atoms with van der Waals surface area (Å²) in [6.07, 6.45) is 2.13. The molecule has 4 heteroatoms. The lowest BCUT2D eigenvalue weighted by Gasteiger charge is -2.29. The molecular formula is C13H23F3O. The van der Waals surface area contributed by atoms with Gasteiger partial charge in [0.2, 0.25) is 0 Å². The minimum absolute atomic E-state index is 0.290. The second-order valence-electron chi connectivity index (χ2n) is 5.19. The lowest BCUT2D eigenvalue weighted by molar-refractivity contribution is -0.138. The molecule has 1 saturated carbocycles. The van der Waals surface area contributed by atoms with Crippen LogP contribution in [-0.2, 0) is 4.74 Å². The van der Waals surface area contributed by atoms with Gasteiger partial charge in [-0.15, -0.1) is 0 Å². The number of methoxy groups -OCH3 is 1. The number of ether oxygens (including phenoxy) is 1. The minimum Gasteiger partial charge on any atom is -0.385 e. The first kappa shape index (κ1) is 14.8. The van der Waals surface area contributed by atoms with E-state index in [0.717, 1.165) is 38.7 Å². The van der Waals surface area contributed by atoms with Crippen molar-refractivity contribution < 1.29 is 17.9 Å². The van der Waals surface area contributed by atoms with Gasteiger partial charge in [-0.1, -0.05) is 19.3 Å². The number of hydrogen-bond acceptors (Lipinski definition) is 1. The maximum atomic E-state index is 12.1. The molecule has 1 aliphatic carbocycles. The van der Waals surface area contributed by atoms with Gasteiger partial charge >= 0.3 is 6.18 Å².